The molecule has 2 aromatic heterocycles. The number of fused-ring (bicyclic) bond motifs is 1. The number of carbonyl (C=O) groups excluding carboxylic acids is 2. The Balaban J connectivity index is 1.78. The summed E-state index contributed by atoms with van der Waals surface area (Å²) in [5, 5.41) is 3.25. The van der Waals surface area contributed by atoms with Gasteiger partial charge in [0, 0.05) is 23.1 Å². The highest BCUT2D eigenvalue weighted by Gasteiger charge is 2.19. The lowest BCUT2D eigenvalue weighted by Crippen LogP contribution is -2.25. The molecule has 0 saturated heterocycles. The van der Waals surface area contributed by atoms with Crippen LogP contribution in [0.2, 0.25) is 0 Å². The lowest BCUT2D eigenvalue weighted by atomic mass is 10.0. The van der Waals surface area contributed by atoms with Crippen molar-refractivity contribution in [2.45, 2.75) is 27.3 Å². The van der Waals surface area contributed by atoms with Gasteiger partial charge in [-0.1, -0.05) is 48.5 Å². The Kier molecular flexibility index (Phi) is 5.69. The largest absolute Gasteiger partial charge is 0.324 e. The molecule has 2 aromatic carbocycles. The summed E-state index contributed by atoms with van der Waals surface area (Å²) in [6.07, 6.45) is 1.44. The van der Waals surface area contributed by atoms with Crippen LogP contribution in [0.25, 0.3) is 11.0 Å². The number of benzene rings is 2. The number of para-hydroxylation sites is 1. The number of pyridine rings is 2. The van der Waals surface area contributed by atoms with Crippen LogP contribution in [0.1, 0.15) is 32.7 Å². The number of ketones is 1. The first-order valence-electron chi connectivity index (χ1n) is 10.3. The molecule has 0 fully saturated rings. The third-order valence-corrected chi connectivity index (χ3v) is 5.40. The van der Waals surface area contributed by atoms with Crippen LogP contribution >= 0.6 is 0 Å². The molecule has 0 unspecified atom stereocenters. The van der Waals surface area contributed by atoms with Crippen molar-refractivity contribution in [1.29, 1.82) is 0 Å². The molecule has 0 aliphatic rings. The highest BCUT2D eigenvalue weighted by Crippen LogP contribution is 2.20. The van der Waals surface area contributed by atoms with Crippen molar-refractivity contribution in [3.8, 4) is 0 Å². The summed E-state index contributed by atoms with van der Waals surface area (Å²) in [6, 6.07) is 17.8. The van der Waals surface area contributed by atoms with Gasteiger partial charge in [0.15, 0.2) is 5.78 Å². The van der Waals surface area contributed by atoms with Crippen LogP contribution in [0.15, 0.2) is 71.7 Å². The zero-order chi connectivity index (χ0) is 22.8. The van der Waals surface area contributed by atoms with E-state index in [1.54, 1.807) is 47.0 Å². The lowest BCUT2D eigenvalue weighted by molar-refractivity contribution is -0.116. The van der Waals surface area contributed by atoms with Crippen LogP contribution in [0.4, 0.5) is 5.69 Å². The molecule has 1 amide bonds. The molecule has 160 valence electrons. The van der Waals surface area contributed by atoms with E-state index in [2.05, 4.69) is 10.3 Å². The molecule has 0 spiro atoms. The number of anilines is 1. The zero-order valence-corrected chi connectivity index (χ0v) is 18.2. The smallest absolute Gasteiger partial charge is 0.244 e. The molecular formula is C26H23N3O3. The molecule has 6 heteroatoms. The first kappa shape index (κ1) is 21.2. The number of rotatable bonds is 5. The van der Waals surface area contributed by atoms with Gasteiger partial charge in [-0.3, -0.25) is 14.4 Å². The Labute approximate surface area is 185 Å². The molecule has 4 aromatic rings. The minimum absolute atomic E-state index is 0.00854. The van der Waals surface area contributed by atoms with Crippen molar-refractivity contribution in [2.24, 2.45) is 0 Å². The van der Waals surface area contributed by atoms with Crippen LogP contribution in [-0.2, 0) is 11.3 Å². The number of amides is 1. The Hall–Kier alpha value is -4.06. The third kappa shape index (κ3) is 4.07. The molecule has 6 nitrogen and oxygen atoms in total. The van der Waals surface area contributed by atoms with E-state index in [-0.39, 0.29) is 23.8 Å². The van der Waals surface area contributed by atoms with Crippen molar-refractivity contribution >= 4 is 28.4 Å². The highest BCUT2D eigenvalue weighted by atomic mass is 16.2. The minimum Gasteiger partial charge on any atom is -0.324 e. The monoisotopic (exact) mass is 425 g/mol. The van der Waals surface area contributed by atoms with Crippen LogP contribution < -0.4 is 10.7 Å². The van der Waals surface area contributed by atoms with Crippen LogP contribution in [0, 0.1) is 20.8 Å². The van der Waals surface area contributed by atoms with Crippen molar-refractivity contribution in [1.82, 2.24) is 9.55 Å². The van der Waals surface area contributed by atoms with Gasteiger partial charge in [0.25, 0.3) is 0 Å². The second kappa shape index (κ2) is 8.59. The van der Waals surface area contributed by atoms with Gasteiger partial charge in [-0.2, -0.15) is 0 Å². The Morgan fingerprint density at radius 3 is 2.28 bits per heavy atom. The average molecular weight is 425 g/mol. The SMILES string of the molecule is Cc1ccc2c(=O)c(C(=O)c3ccccc3)cn(CC(=O)Nc3c(C)cccc3C)c2n1. The maximum Gasteiger partial charge on any atom is 0.244 e. The van der Waals surface area contributed by atoms with E-state index >= 15 is 0 Å². The molecular weight excluding hydrogens is 402 g/mol. The zero-order valence-electron chi connectivity index (χ0n) is 18.2. The van der Waals surface area contributed by atoms with E-state index < -0.39 is 5.43 Å². The summed E-state index contributed by atoms with van der Waals surface area (Å²) >= 11 is 0. The first-order chi connectivity index (χ1) is 15.3. The van der Waals surface area contributed by atoms with E-state index in [9.17, 15) is 14.4 Å². The van der Waals surface area contributed by atoms with Gasteiger partial charge in [0.2, 0.25) is 11.3 Å². The summed E-state index contributed by atoms with van der Waals surface area (Å²) in [5.74, 6) is -0.657. The third-order valence-electron chi connectivity index (χ3n) is 5.40. The number of aromatic nitrogens is 2. The van der Waals surface area contributed by atoms with Crippen LogP contribution in [0.3, 0.4) is 0 Å². The van der Waals surface area contributed by atoms with E-state index in [0.717, 1.165) is 16.8 Å². The summed E-state index contributed by atoms with van der Waals surface area (Å²) in [5.41, 5.74) is 3.78. The molecule has 0 aliphatic carbocycles. The summed E-state index contributed by atoms with van der Waals surface area (Å²) in [7, 11) is 0. The topological polar surface area (TPSA) is 81.1 Å². The van der Waals surface area contributed by atoms with Gasteiger partial charge in [0.1, 0.15) is 12.2 Å². The molecule has 0 aliphatic heterocycles. The predicted octanol–water partition coefficient (Wildman–Crippen LogP) is 4.19. The fourth-order valence-corrected chi connectivity index (χ4v) is 3.73. The predicted molar refractivity (Wildman–Crippen MR) is 125 cm³/mol. The maximum absolute atomic E-state index is 13.1. The van der Waals surface area contributed by atoms with Crippen molar-refractivity contribution in [2.75, 3.05) is 5.32 Å². The highest BCUT2D eigenvalue weighted by molar-refractivity contribution is 6.10. The lowest BCUT2D eigenvalue weighted by Gasteiger charge is -2.15. The van der Waals surface area contributed by atoms with Crippen molar-refractivity contribution in [3.05, 3.63) is 105 Å². The van der Waals surface area contributed by atoms with Crippen molar-refractivity contribution < 1.29 is 9.59 Å². The van der Waals surface area contributed by atoms with Gasteiger partial charge < -0.3 is 9.88 Å². The van der Waals surface area contributed by atoms with E-state index in [4.69, 9.17) is 0 Å². The second-order valence-corrected chi connectivity index (χ2v) is 7.83. The number of nitrogens with one attached hydrogen (secondary N) is 1. The van der Waals surface area contributed by atoms with Gasteiger partial charge in [0.05, 0.1) is 10.9 Å². The average Bonchev–Trinajstić information content (AvgIpc) is 2.78. The molecule has 1 N–H and O–H groups in total. The number of aryl methyl sites for hydroxylation is 3. The van der Waals surface area contributed by atoms with Gasteiger partial charge >= 0.3 is 0 Å². The maximum atomic E-state index is 13.1. The number of nitrogens with zero attached hydrogens (tertiary/aromatic N) is 2. The summed E-state index contributed by atoms with van der Waals surface area (Å²) in [4.78, 5) is 43.6. The number of carbonyl (C=O) groups is 2. The number of hydrogen-bond donors (Lipinski definition) is 1. The van der Waals surface area contributed by atoms with Gasteiger partial charge in [-0.15, -0.1) is 0 Å². The standard InChI is InChI=1S/C26H23N3O3/c1-16-8-7-9-17(2)23(16)28-22(30)15-29-14-21(24(31)19-10-5-4-6-11-19)25(32)20-13-12-18(3)27-26(20)29/h4-14H,15H2,1-3H3,(H,28,30). The molecule has 32 heavy (non-hydrogen) atoms. The molecule has 0 saturated carbocycles. The van der Waals surface area contributed by atoms with Crippen LogP contribution in [-0.4, -0.2) is 21.2 Å². The Morgan fingerprint density at radius 1 is 0.906 bits per heavy atom. The fourth-order valence-electron chi connectivity index (χ4n) is 3.73. The van der Waals surface area contributed by atoms with Crippen molar-refractivity contribution in [3.63, 3.8) is 0 Å². The number of hydrogen-bond acceptors (Lipinski definition) is 4. The Bertz CT molecular complexity index is 1390. The van der Waals surface area contributed by atoms with E-state index in [0.29, 0.717) is 22.3 Å². The molecule has 0 atom stereocenters. The molecule has 2 heterocycles. The second-order valence-electron chi connectivity index (χ2n) is 7.83. The van der Waals surface area contributed by atoms with Gasteiger partial charge in [-0.25, -0.2) is 4.98 Å². The van der Waals surface area contributed by atoms with Crippen LogP contribution in [0.5, 0.6) is 0 Å². The fraction of sp³-hybridized carbons (Fsp3) is 0.154. The quantitative estimate of drug-likeness (QED) is 0.486. The Morgan fingerprint density at radius 2 is 1.59 bits per heavy atom. The molecule has 4 rings (SSSR count). The summed E-state index contributed by atoms with van der Waals surface area (Å²) in [6.45, 7) is 5.59. The van der Waals surface area contributed by atoms with E-state index in [1.165, 1.54) is 6.20 Å². The first-order valence-corrected chi connectivity index (χ1v) is 10.3. The molecule has 0 bridgehead atoms. The van der Waals surface area contributed by atoms with Gasteiger partial charge in [-0.05, 0) is 44.0 Å². The normalized spacial score (nSPS) is 10.8. The molecule has 0 radical (unpaired) electrons. The van der Waals surface area contributed by atoms with E-state index in [1.807, 2.05) is 39.0 Å². The summed E-state index contributed by atoms with van der Waals surface area (Å²) < 4.78 is 1.57. The minimum atomic E-state index is -0.396.